The fourth-order valence-corrected chi connectivity index (χ4v) is 2.10. The molecule has 2 rings (SSSR count). The average Bonchev–Trinajstić information content (AvgIpc) is 2.40. The number of hydrogen-bond acceptors (Lipinski definition) is 5. The third-order valence-electron chi connectivity index (χ3n) is 3.07. The maximum atomic E-state index is 5.66. The number of hydrogen-bond donors (Lipinski definition) is 0. The van der Waals surface area contributed by atoms with Crippen LogP contribution >= 0.6 is 0 Å². The maximum Gasteiger partial charge on any atom is 0.135 e. The van der Waals surface area contributed by atoms with Crippen LogP contribution in [0.4, 0.5) is 5.82 Å². The van der Waals surface area contributed by atoms with E-state index >= 15 is 0 Å². The van der Waals surface area contributed by atoms with Crippen LogP contribution in [-0.4, -0.2) is 49.5 Å². The van der Waals surface area contributed by atoms with Crippen LogP contribution in [0.3, 0.4) is 0 Å². The topological polar surface area (TPSA) is 47.5 Å². The molecule has 1 saturated heterocycles. The molecule has 100 valence electrons. The van der Waals surface area contributed by atoms with Crippen molar-refractivity contribution in [2.24, 2.45) is 0 Å². The van der Waals surface area contributed by atoms with Gasteiger partial charge < -0.3 is 14.4 Å². The Morgan fingerprint density at radius 1 is 1.44 bits per heavy atom. The van der Waals surface area contributed by atoms with Gasteiger partial charge in [0.15, 0.2) is 0 Å². The lowest BCUT2D eigenvalue weighted by atomic mass is 10.2. The molecule has 5 nitrogen and oxygen atoms in total. The quantitative estimate of drug-likeness (QED) is 0.804. The molecule has 0 unspecified atom stereocenters. The minimum absolute atomic E-state index is 0.128. The average molecular weight is 251 g/mol. The summed E-state index contributed by atoms with van der Waals surface area (Å²) in [4.78, 5) is 10.9. The van der Waals surface area contributed by atoms with Crippen LogP contribution in [0.15, 0.2) is 6.20 Å². The number of anilines is 1. The largest absolute Gasteiger partial charge is 0.376 e. The van der Waals surface area contributed by atoms with Crippen molar-refractivity contribution in [3.63, 3.8) is 0 Å². The standard InChI is InChI=1S/C13H21N3O2/c1-4-11-7-14-10(2)15-13(11)16(3)8-12-9-17-5-6-18-12/h7,12H,4-6,8-9H2,1-3H3/t12-/m1/s1. The molecule has 0 bridgehead atoms. The molecular weight excluding hydrogens is 230 g/mol. The molecule has 1 aromatic heterocycles. The van der Waals surface area contributed by atoms with Crippen molar-refractivity contribution < 1.29 is 9.47 Å². The zero-order chi connectivity index (χ0) is 13.0. The van der Waals surface area contributed by atoms with Gasteiger partial charge in [0.05, 0.1) is 25.9 Å². The molecular formula is C13H21N3O2. The van der Waals surface area contributed by atoms with Gasteiger partial charge in [0, 0.05) is 25.4 Å². The number of rotatable bonds is 4. The van der Waals surface area contributed by atoms with Crippen LogP contribution in [0.1, 0.15) is 18.3 Å². The van der Waals surface area contributed by atoms with Gasteiger partial charge in [-0.1, -0.05) is 6.92 Å². The van der Waals surface area contributed by atoms with Crippen LogP contribution in [-0.2, 0) is 15.9 Å². The second-order valence-electron chi connectivity index (χ2n) is 4.57. The van der Waals surface area contributed by atoms with E-state index in [-0.39, 0.29) is 6.10 Å². The fourth-order valence-electron chi connectivity index (χ4n) is 2.10. The highest BCUT2D eigenvalue weighted by Crippen LogP contribution is 2.17. The molecule has 1 aromatic rings. The molecule has 0 radical (unpaired) electrons. The van der Waals surface area contributed by atoms with E-state index in [9.17, 15) is 0 Å². The van der Waals surface area contributed by atoms with Gasteiger partial charge in [0.2, 0.25) is 0 Å². The summed E-state index contributed by atoms with van der Waals surface area (Å²) in [5.41, 5.74) is 1.17. The zero-order valence-electron chi connectivity index (χ0n) is 11.3. The van der Waals surface area contributed by atoms with Crippen LogP contribution in [0, 0.1) is 6.92 Å². The van der Waals surface area contributed by atoms with Gasteiger partial charge >= 0.3 is 0 Å². The molecule has 0 aliphatic carbocycles. The Morgan fingerprint density at radius 3 is 2.94 bits per heavy atom. The fraction of sp³-hybridized carbons (Fsp3) is 0.692. The van der Waals surface area contributed by atoms with Gasteiger partial charge in [-0.05, 0) is 13.3 Å². The molecule has 5 heteroatoms. The summed E-state index contributed by atoms with van der Waals surface area (Å²) in [5, 5.41) is 0. The van der Waals surface area contributed by atoms with E-state index in [4.69, 9.17) is 9.47 Å². The molecule has 0 spiro atoms. The SMILES string of the molecule is CCc1cnc(C)nc1N(C)C[C@@H]1COCCO1. The van der Waals surface area contributed by atoms with Crippen LogP contribution < -0.4 is 4.90 Å². The Hall–Kier alpha value is -1.20. The predicted molar refractivity (Wildman–Crippen MR) is 70.0 cm³/mol. The lowest BCUT2D eigenvalue weighted by Gasteiger charge is -2.29. The predicted octanol–water partition coefficient (Wildman–Crippen LogP) is 1.20. The zero-order valence-corrected chi connectivity index (χ0v) is 11.3. The van der Waals surface area contributed by atoms with E-state index in [1.807, 2.05) is 20.2 Å². The third kappa shape index (κ3) is 3.17. The second-order valence-corrected chi connectivity index (χ2v) is 4.57. The van der Waals surface area contributed by atoms with E-state index in [0.717, 1.165) is 24.6 Å². The Morgan fingerprint density at radius 2 is 2.28 bits per heavy atom. The normalized spacial score (nSPS) is 19.8. The molecule has 0 aromatic carbocycles. The molecule has 1 fully saturated rings. The smallest absolute Gasteiger partial charge is 0.135 e. The number of aryl methyl sites for hydroxylation is 2. The van der Waals surface area contributed by atoms with E-state index in [0.29, 0.717) is 19.8 Å². The van der Waals surface area contributed by atoms with E-state index < -0.39 is 0 Å². The highest BCUT2D eigenvalue weighted by Gasteiger charge is 2.18. The van der Waals surface area contributed by atoms with Crippen molar-refractivity contribution in [2.75, 3.05) is 38.3 Å². The summed E-state index contributed by atoms with van der Waals surface area (Å²) in [6.07, 6.45) is 2.97. The highest BCUT2D eigenvalue weighted by atomic mass is 16.6. The summed E-state index contributed by atoms with van der Waals surface area (Å²) in [7, 11) is 2.04. The van der Waals surface area contributed by atoms with Crippen molar-refractivity contribution in [1.29, 1.82) is 0 Å². The van der Waals surface area contributed by atoms with Crippen LogP contribution in [0.2, 0.25) is 0 Å². The molecule has 1 atom stereocenters. The first-order valence-corrected chi connectivity index (χ1v) is 6.43. The molecule has 1 aliphatic rings. The number of ether oxygens (including phenoxy) is 2. The number of aromatic nitrogens is 2. The highest BCUT2D eigenvalue weighted by molar-refractivity contribution is 5.45. The van der Waals surface area contributed by atoms with E-state index in [2.05, 4.69) is 21.8 Å². The molecule has 1 aliphatic heterocycles. The second kappa shape index (κ2) is 6.11. The summed E-state index contributed by atoms with van der Waals surface area (Å²) >= 11 is 0. The Labute approximate surface area is 108 Å². The Bertz CT molecular complexity index is 392. The van der Waals surface area contributed by atoms with Gasteiger partial charge in [-0.2, -0.15) is 0 Å². The summed E-state index contributed by atoms with van der Waals surface area (Å²) in [5.74, 6) is 1.80. The van der Waals surface area contributed by atoms with Crippen molar-refractivity contribution in [1.82, 2.24) is 9.97 Å². The summed E-state index contributed by atoms with van der Waals surface area (Å²) < 4.78 is 11.1. The Kier molecular flexibility index (Phi) is 4.49. The van der Waals surface area contributed by atoms with Gasteiger partial charge in [-0.3, -0.25) is 0 Å². The van der Waals surface area contributed by atoms with E-state index in [1.165, 1.54) is 5.56 Å². The minimum Gasteiger partial charge on any atom is -0.376 e. The van der Waals surface area contributed by atoms with E-state index in [1.54, 1.807) is 0 Å². The molecule has 0 amide bonds. The molecule has 0 N–H and O–H groups in total. The number of nitrogens with zero attached hydrogens (tertiary/aromatic N) is 3. The lowest BCUT2D eigenvalue weighted by molar-refractivity contribution is -0.0837. The summed E-state index contributed by atoms with van der Waals surface area (Å²) in [6.45, 7) is 6.87. The van der Waals surface area contributed by atoms with Gasteiger partial charge in [0.25, 0.3) is 0 Å². The van der Waals surface area contributed by atoms with Gasteiger partial charge in [-0.25, -0.2) is 9.97 Å². The Balaban J connectivity index is 2.07. The van der Waals surface area contributed by atoms with Gasteiger partial charge in [0.1, 0.15) is 11.6 Å². The third-order valence-corrected chi connectivity index (χ3v) is 3.07. The summed E-state index contributed by atoms with van der Waals surface area (Å²) in [6, 6.07) is 0. The first kappa shape index (κ1) is 13.2. The molecule has 2 heterocycles. The first-order chi connectivity index (χ1) is 8.70. The number of likely N-dealkylation sites (N-methyl/N-ethyl adjacent to an activating group) is 1. The minimum atomic E-state index is 0.128. The molecule has 18 heavy (non-hydrogen) atoms. The van der Waals surface area contributed by atoms with Crippen molar-refractivity contribution in [3.8, 4) is 0 Å². The van der Waals surface area contributed by atoms with Crippen molar-refractivity contribution in [2.45, 2.75) is 26.4 Å². The first-order valence-electron chi connectivity index (χ1n) is 6.43. The van der Waals surface area contributed by atoms with Crippen molar-refractivity contribution >= 4 is 5.82 Å². The monoisotopic (exact) mass is 251 g/mol. The van der Waals surface area contributed by atoms with Gasteiger partial charge in [-0.15, -0.1) is 0 Å². The lowest BCUT2D eigenvalue weighted by Crippen LogP contribution is -2.39. The van der Waals surface area contributed by atoms with Crippen LogP contribution in [0.5, 0.6) is 0 Å². The van der Waals surface area contributed by atoms with Crippen molar-refractivity contribution in [3.05, 3.63) is 17.6 Å². The molecule has 0 saturated carbocycles. The van der Waals surface area contributed by atoms with Crippen LogP contribution in [0.25, 0.3) is 0 Å². The maximum absolute atomic E-state index is 5.66.